The Morgan fingerprint density at radius 2 is 0.646 bits per heavy atom. The predicted octanol–water partition coefficient (Wildman–Crippen LogP) is 7.95. The first kappa shape index (κ1) is 46.4. The highest BCUT2D eigenvalue weighted by Crippen LogP contribution is 2.33. The van der Waals surface area contributed by atoms with E-state index in [2.05, 4.69) is 0 Å². The highest BCUT2D eigenvalue weighted by Gasteiger charge is 2.51. The number of rotatable bonds is 22. The van der Waals surface area contributed by atoms with Gasteiger partial charge in [-0.1, -0.05) is 182 Å². The van der Waals surface area contributed by atoms with E-state index in [1.807, 2.05) is 182 Å². The molecule has 6 aromatic carbocycles. The normalized spacial score (nSPS) is 25.6. The molecule has 2 fully saturated rings. The van der Waals surface area contributed by atoms with Crippen molar-refractivity contribution in [2.45, 2.75) is 101 Å². The van der Waals surface area contributed by atoms with Crippen molar-refractivity contribution < 1.29 is 52.8 Å². The van der Waals surface area contributed by atoms with Crippen molar-refractivity contribution in [3.05, 3.63) is 215 Å². The molecule has 2 heterocycles. The largest absolute Gasteiger partial charge is 0.385 e. The first-order valence-corrected chi connectivity index (χ1v) is 22.3. The summed E-state index contributed by atoms with van der Waals surface area (Å²) in [6, 6.07) is 58.8. The molecule has 0 bridgehead atoms. The minimum absolute atomic E-state index is 0.114. The summed E-state index contributed by atoms with van der Waals surface area (Å²) in [7, 11) is 0. The Morgan fingerprint density at radius 1 is 0.323 bits per heavy atom. The van der Waals surface area contributed by atoms with Crippen LogP contribution in [0.4, 0.5) is 0 Å². The van der Waals surface area contributed by atoms with Gasteiger partial charge in [0, 0.05) is 0 Å². The smallest absolute Gasteiger partial charge is 0.186 e. The third-order valence-electron chi connectivity index (χ3n) is 11.5. The molecule has 0 spiro atoms. The van der Waals surface area contributed by atoms with E-state index in [9.17, 15) is 10.2 Å². The number of aliphatic hydroxyl groups is 2. The van der Waals surface area contributed by atoms with Crippen LogP contribution in [-0.2, 0) is 82.3 Å². The molecule has 2 N–H and O–H groups in total. The van der Waals surface area contributed by atoms with Crippen LogP contribution in [0.15, 0.2) is 182 Å². The van der Waals surface area contributed by atoms with E-state index in [0.29, 0.717) is 6.61 Å². The molecule has 65 heavy (non-hydrogen) atoms. The van der Waals surface area contributed by atoms with Crippen molar-refractivity contribution >= 4 is 0 Å². The molecule has 10 atom stereocenters. The lowest BCUT2D eigenvalue weighted by Gasteiger charge is -2.46. The molecule has 11 nitrogen and oxygen atoms in total. The zero-order valence-corrected chi connectivity index (χ0v) is 36.3. The molecule has 6 aromatic rings. The molecule has 0 unspecified atom stereocenters. The summed E-state index contributed by atoms with van der Waals surface area (Å²) in [4.78, 5) is 0. The predicted molar refractivity (Wildman–Crippen MR) is 243 cm³/mol. The van der Waals surface area contributed by atoms with Crippen molar-refractivity contribution in [1.82, 2.24) is 0 Å². The SMILES string of the molecule is O[C@H]1[C@H](OC[C@H]2O[C@@H](O)[C@H](OCc3ccccc3)[C@@H](OCc3ccccc3)[C@H]2OCc2ccccc2)O[C@H](COCc2ccccc2)[C@H](OCc2ccccc2)[C@@H]1OCc1ccccc1. The van der Waals surface area contributed by atoms with Crippen LogP contribution in [-0.4, -0.2) is 84.8 Å². The van der Waals surface area contributed by atoms with Crippen LogP contribution in [0.1, 0.15) is 33.4 Å². The zero-order valence-electron chi connectivity index (χ0n) is 36.3. The first-order chi connectivity index (χ1) is 32.1. The second-order valence-corrected chi connectivity index (χ2v) is 16.2. The van der Waals surface area contributed by atoms with Crippen LogP contribution in [0.3, 0.4) is 0 Å². The van der Waals surface area contributed by atoms with Crippen molar-refractivity contribution in [1.29, 1.82) is 0 Å². The Hall–Kier alpha value is -5.12. The number of hydrogen-bond donors (Lipinski definition) is 2. The lowest BCUT2D eigenvalue weighted by molar-refractivity contribution is -0.344. The fraction of sp³-hybridized carbons (Fsp3) is 0.333. The lowest BCUT2D eigenvalue weighted by Crippen LogP contribution is -2.63. The third-order valence-corrected chi connectivity index (χ3v) is 11.5. The van der Waals surface area contributed by atoms with Gasteiger partial charge in [0.1, 0.15) is 48.8 Å². The average molecular weight is 883 g/mol. The maximum atomic E-state index is 12.2. The van der Waals surface area contributed by atoms with Gasteiger partial charge in [-0.05, 0) is 33.4 Å². The molecule has 2 aliphatic heterocycles. The molecule has 340 valence electrons. The fourth-order valence-electron chi connectivity index (χ4n) is 8.05. The molecule has 2 saturated heterocycles. The molecule has 2 aliphatic rings. The van der Waals surface area contributed by atoms with Gasteiger partial charge in [0.25, 0.3) is 0 Å². The standard InChI is InChI=1S/C54H58O11/c55-47-50(60-34-42-25-13-4-14-26-42)48(58-32-40-21-9-2-10-22-40)45(37-57-31-39-19-7-1-8-20-39)65-54(47)63-38-46-49(59-33-41-23-11-3-12-24-41)51(61-35-43-27-15-5-16-28-43)52(53(56)64-46)62-36-44-29-17-6-18-30-44/h1-30,45-56H,31-38H2/t45-,46-,47-,48+,49+,50-,51+,52-,53-,54-/m1/s1. The maximum absolute atomic E-state index is 12.2. The van der Waals surface area contributed by atoms with Gasteiger partial charge in [-0.2, -0.15) is 0 Å². The molecular formula is C54H58O11. The summed E-state index contributed by atoms with van der Waals surface area (Å²) in [6.07, 6.45) is -9.77. The average Bonchev–Trinajstić information content (AvgIpc) is 3.36. The summed E-state index contributed by atoms with van der Waals surface area (Å²) in [6.45, 7) is 1.39. The van der Waals surface area contributed by atoms with Gasteiger partial charge in [0.2, 0.25) is 0 Å². The Morgan fingerprint density at radius 3 is 1.06 bits per heavy atom. The van der Waals surface area contributed by atoms with Crippen molar-refractivity contribution in [2.75, 3.05) is 13.2 Å². The summed E-state index contributed by atoms with van der Waals surface area (Å²) in [5, 5.41) is 24.0. The fourth-order valence-corrected chi connectivity index (χ4v) is 8.05. The first-order valence-electron chi connectivity index (χ1n) is 22.3. The van der Waals surface area contributed by atoms with Gasteiger partial charge in [-0.15, -0.1) is 0 Å². The molecule has 8 rings (SSSR count). The van der Waals surface area contributed by atoms with E-state index in [-0.39, 0.29) is 46.2 Å². The van der Waals surface area contributed by atoms with E-state index in [0.717, 1.165) is 33.4 Å². The highest BCUT2D eigenvalue weighted by molar-refractivity contribution is 5.18. The summed E-state index contributed by atoms with van der Waals surface area (Å²) < 4.78 is 58.8. The van der Waals surface area contributed by atoms with Crippen LogP contribution in [0.25, 0.3) is 0 Å². The van der Waals surface area contributed by atoms with E-state index >= 15 is 0 Å². The van der Waals surface area contributed by atoms with Crippen molar-refractivity contribution in [3.8, 4) is 0 Å². The molecule has 0 aromatic heterocycles. The number of hydrogen-bond acceptors (Lipinski definition) is 11. The zero-order chi connectivity index (χ0) is 44.5. The minimum atomic E-state index is -1.42. The van der Waals surface area contributed by atoms with E-state index < -0.39 is 61.4 Å². The number of ether oxygens (including phenoxy) is 9. The van der Waals surface area contributed by atoms with E-state index in [1.165, 1.54) is 0 Å². The van der Waals surface area contributed by atoms with Gasteiger partial charge in [0.05, 0.1) is 52.9 Å². The Bertz CT molecular complexity index is 2210. The van der Waals surface area contributed by atoms with E-state index in [4.69, 9.17) is 42.6 Å². The second-order valence-electron chi connectivity index (χ2n) is 16.2. The van der Waals surface area contributed by atoms with Crippen LogP contribution >= 0.6 is 0 Å². The summed E-state index contributed by atoms with van der Waals surface area (Å²) >= 11 is 0. The third kappa shape index (κ3) is 13.5. The van der Waals surface area contributed by atoms with Crippen molar-refractivity contribution in [2.24, 2.45) is 0 Å². The molecular weight excluding hydrogens is 825 g/mol. The topological polar surface area (TPSA) is 124 Å². The summed E-state index contributed by atoms with van der Waals surface area (Å²) in [5.41, 5.74) is 5.68. The van der Waals surface area contributed by atoms with Gasteiger partial charge >= 0.3 is 0 Å². The Kier molecular flexibility index (Phi) is 17.4. The number of benzene rings is 6. The van der Waals surface area contributed by atoms with Crippen LogP contribution in [0.2, 0.25) is 0 Å². The van der Waals surface area contributed by atoms with Crippen LogP contribution in [0, 0.1) is 0 Å². The quantitative estimate of drug-likeness (QED) is 0.0691. The molecule has 0 saturated carbocycles. The van der Waals surface area contributed by atoms with Gasteiger partial charge in [-0.3, -0.25) is 0 Å². The molecule has 0 radical (unpaired) electrons. The second kappa shape index (κ2) is 24.4. The Labute approximate surface area is 381 Å². The molecule has 0 amide bonds. The molecule has 0 aliphatic carbocycles. The lowest BCUT2D eigenvalue weighted by atomic mass is 9.97. The highest BCUT2D eigenvalue weighted by atomic mass is 16.7. The Balaban J connectivity index is 1.05. The van der Waals surface area contributed by atoms with Crippen LogP contribution < -0.4 is 0 Å². The van der Waals surface area contributed by atoms with Crippen molar-refractivity contribution in [3.63, 3.8) is 0 Å². The minimum Gasteiger partial charge on any atom is -0.385 e. The molecule has 11 heteroatoms. The summed E-state index contributed by atoms with van der Waals surface area (Å²) in [5.74, 6) is 0. The van der Waals surface area contributed by atoms with Gasteiger partial charge in [-0.25, -0.2) is 0 Å². The van der Waals surface area contributed by atoms with E-state index in [1.54, 1.807) is 0 Å². The number of aliphatic hydroxyl groups excluding tert-OH is 2. The maximum Gasteiger partial charge on any atom is 0.186 e. The van der Waals surface area contributed by atoms with Gasteiger partial charge < -0.3 is 52.8 Å². The monoisotopic (exact) mass is 882 g/mol. The van der Waals surface area contributed by atoms with Gasteiger partial charge in [0.15, 0.2) is 12.6 Å². The van der Waals surface area contributed by atoms with Crippen LogP contribution in [0.5, 0.6) is 0 Å².